The van der Waals surface area contributed by atoms with Crippen molar-refractivity contribution < 1.29 is 14.9 Å². The molecule has 4 rings (SSSR count). The van der Waals surface area contributed by atoms with Crippen molar-refractivity contribution in [3.63, 3.8) is 0 Å². The number of fused-ring (bicyclic) bond motifs is 1. The summed E-state index contributed by atoms with van der Waals surface area (Å²) in [6.45, 7) is 8.41. The number of nitrogens with zero attached hydrogens (tertiary/aromatic N) is 2. The van der Waals surface area contributed by atoms with Gasteiger partial charge in [-0.15, -0.1) is 0 Å². The number of aromatic amines is 1. The number of aromatic nitrogens is 1. The van der Waals surface area contributed by atoms with E-state index in [4.69, 9.17) is 5.21 Å². The Labute approximate surface area is 204 Å². The van der Waals surface area contributed by atoms with E-state index in [-0.39, 0.29) is 16.0 Å². The lowest BCUT2D eigenvalue weighted by molar-refractivity contribution is -0.384. The van der Waals surface area contributed by atoms with E-state index in [1.165, 1.54) is 17.2 Å². The van der Waals surface area contributed by atoms with Crippen molar-refractivity contribution in [1.82, 2.24) is 15.4 Å². The third-order valence-electron chi connectivity index (χ3n) is 6.72. The number of rotatable bonds is 7. The number of carbonyl (C=O) groups is 1. The molecule has 184 valence electrons. The van der Waals surface area contributed by atoms with Crippen LogP contribution < -0.4 is 5.48 Å². The molecular weight excluding hydrogens is 444 g/mol. The maximum Gasteiger partial charge on any atom is 0.271 e. The van der Waals surface area contributed by atoms with Gasteiger partial charge in [-0.2, -0.15) is 0 Å². The molecule has 1 atom stereocenters. The fourth-order valence-electron chi connectivity index (χ4n) is 5.02. The molecule has 0 bridgehead atoms. The molecule has 2 heterocycles. The van der Waals surface area contributed by atoms with Gasteiger partial charge in [0.25, 0.3) is 11.6 Å². The first-order valence-corrected chi connectivity index (χ1v) is 11.9. The molecule has 0 spiro atoms. The van der Waals surface area contributed by atoms with Crippen molar-refractivity contribution in [2.75, 3.05) is 13.1 Å². The molecule has 1 saturated heterocycles. The van der Waals surface area contributed by atoms with Crippen LogP contribution in [0.1, 0.15) is 62.0 Å². The summed E-state index contributed by atoms with van der Waals surface area (Å²) in [5.74, 6) is -0.558. The molecule has 2 aromatic carbocycles. The van der Waals surface area contributed by atoms with Crippen LogP contribution in [-0.4, -0.2) is 39.0 Å². The van der Waals surface area contributed by atoms with Gasteiger partial charge in [0.2, 0.25) is 0 Å². The summed E-state index contributed by atoms with van der Waals surface area (Å²) >= 11 is 0. The predicted octanol–water partition coefficient (Wildman–Crippen LogP) is 5.27. The van der Waals surface area contributed by atoms with Crippen molar-refractivity contribution in [1.29, 1.82) is 0 Å². The molecule has 8 heteroatoms. The van der Waals surface area contributed by atoms with E-state index in [1.807, 2.05) is 18.2 Å². The third-order valence-corrected chi connectivity index (χ3v) is 6.72. The summed E-state index contributed by atoms with van der Waals surface area (Å²) in [5, 5.41) is 20.9. The minimum atomic E-state index is -0.558. The predicted molar refractivity (Wildman–Crippen MR) is 136 cm³/mol. The average molecular weight is 477 g/mol. The number of H-pyrrole nitrogens is 1. The summed E-state index contributed by atoms with van der Waals surface area (Å²) in [5.41, 5.74) is 6.90. The van der Waals surface area contributed by atoms with E-state index >= 15 is 0 Å². The van der Waals surface area contributed by atoms with E-state index < -0.39 is 5.91 Å². The minimum Gasteiger partial charge on any atom is -0.358 e. The molecule has 0 radical (unpaired) electrons. The van der Waals surface area contributed by atoms with Crippen molar-refractivity contribution >= 4 is 28.6 Å². The molecule has 1 aromatic heterocycles. The van der Waals surface area contributed by atoms with E-state index in [1.54, 1.807) is 23.7 Å². The molecule has 0 saturated carbocycles. The molecule has 35 heavy (non-hydrogen) atoms. The number of nitrogens with one attached hydrogen (secondary N) is 2. The lowest BCUT2D eigenvalue weighted by atomic mass is 9.88. The van der Waals surface area contributed by atoms with Crippen LogP contribution in [0, 0.1) is 10.1 Å². The lowest BCUT2D eigenvalue weighted by Crippen LogP contribution is -2.26. The van der Waals surface area contributed by atoms with Crippen molar-refractivity contribution in [3.05, 3.63) is 81.0 Å². The quantitative estimate of drug-likeness (QED) is 0.186. The Kier molecular flexibility index (Phi) is 7.05. The van der Waals surface area contributed by atoms with Gasteiger partial charge in [-0.25, -0.2) is 5.48 Å². The van der Waals surface area contributed by atoms with Gasteiger partial charge in [0.05, 0.1) is 10.4 Å². The number of likely N-dealkylation sites (tertiary alicyclic amines) is 1. The molecule has 1 aliphatic heterocycles. The Morgan fingerprint density at radius 2 is 2.00 bits per heavy atom. The molecule has 0 unspecified atom stereocenters. The number of nitro groups is 1. The highest BCUT2D eigenvalue weighted by Crippen LogP contribution is 2.36. The van der Waals surface area contributed by atoms with Gasteiger partial charge < -0.3 is 4.98 Å². The number of nitro benzene ring substituents is 1. The van der Waals surface area contributed by atoms with E-state index in [0.29, 0.717) is 6.04 Å². The Morgan fingerprint density at radius 1 is 1.26 bits per heavy atom. The van der Waals surface area contributed by atoms with E-state index in [9.17, 15) is 14.9 Å². The summed E-state index contributed by atoms with van der Waals surface area (Å²) in [4.78, 5) is 28.1. The second kappa shape index (κ2) is 10.0. The standard InChI is InChI=1S/C27H32N4O4/c1-27(2,3)26-22(21-12-11-20(31(34)35)17-23(21)28-26)14-16-30-15-4-5-24(30)19-9-6-18(7-10-19)8-13-25(32)29-33/h6-13,17,24,28,33H,4-5,14-16H2,1-3H3,(H,29,32)/b13-8+/t24-/m0/s1. The third kappa shape index (κ3) is 5.44. The zero-order valence-corrected chi connectivity index (χ0v) is 20.4. The maximum absolute atomic E-state index is 11.3. The van der Waals surface area contributed by atoms with E-state index in [0.717, 1.165) is 54.5 Å². The number of non-ortho nitro benzene ring substituents is 1. The number of hydroxylamine groups is 1. The Morgan fingerprint density at radius 3 is 2.66 bits per heavy atom. The van der Waals surface area contributed by atoms with Gasteiger partial charge in [0.1, 0.15) is 0 Å². The molecule has 1 amide bonds. The maximum atomic E-state index is 11.3. The highest BCUT2D eigenvalue weighted by atomic mass is 16.6. The second-order valence-corrected chi connectivity index (χ2v) is 10.1. The molecule has 8 nitrogen and oxygen atoms in total. The van der Waals surface area contributed by atoms with Crippen LogP contribution in [0.25, 0.3) is 17.0 Å². The number of hydrogen-bond acceptors (Lipinski definition) is 5. The molecule has 3 aromatic rings. The van der Waals surface area contributed by atoms with Gasteiger partial charge in [0.15, 0.2) is 0 Å². The first-order chi connectivity index (χ1) is 16.7. The van der Waals surface area contributed by atoms with Crippen LogP contribution in [0.2, 0.25) is 0 Å². The fourth-order valence-corrected chi connectivity index (χ4v) is 5.02. The molecule has 1 fully saturated rings. The highest BCUT2D eigenvalue weighted by molar-refractivity contribution is 5.90. The van der Waals surface area contributed by atoms with Gasteiger partial charge in [-0.05, 0) is 54.6 Å². The SMILES string of the molecule is CC(C)(C)c1[nH]c2cc([N+](=O)[O-])ccc2c1CCN1CCC[C@H]1c1ccc(/C=C/C(=O)NO)cc1. The average Bonchev–Trinajstić information content (AvgIpc) is 3.45. The van der Waals surface area contributed by atoms with Crippen LogP contribution in [0.15, 0.2) is 48.5 Å². The van der Waals surface area contributed by atoms with Gasteiger partial charge in [0, 0.05) is 47.3 Å². The van der Waals surface area contributed by atoms with Gasteiger partial charge in [-0.3, -0.25) is 25.0 Å². The first kappa shape index (κ1) is 24.6. The number of carbonyl (C=O) groups excluding carboxylic acids is 1. The normalized spacial score (nSPS) is 16.9. The minimum absolute atomic E-state index is 0.0978. The lowest BCUT2D eigenvalue weighted by Gasteiger charge is -2.26. The molecular formula is C27H32N4O4. The van der Waals surface area contributed by atoms with Crippen LogP contribution in [0.5, 0.6) is 0 Å². The Balaban J connectivity index is 1.54. The fraction of sp³-hybridized carbons (Fsp3) is 0.370. The Bertz CT molecular complexity index is 1250. The van der Waals surface area contributed by atoms with Crippen LogP contribution in [0.3, 0.4) is 0 Å². The second-order valence-electron chi connectivity index (χ2n) is 10.1. The van der Waals surface area contributed by atoms with Gasteiger partial charge >= 0.3 is 0 Å². The Hall–Kier alpha value is -3.49. The molecule has 0 aliphatic carbocycles. The zero-order chi connectivity index (χ0) is 25.2. The van der Waals surface area contributed by atoms with Crippen molar-refractivity contribution in [2.45, 2.75) is 51.5 Å². The summed E-state index contributed by atoms with van der Waals surface area (Å²) in [6.07, 6.45) is 6.04. The van der Waals surface area contributed by atoms with E-state index in [2.05, 4.69) is 42.8 Å². The largest absolute Gasteiger partial charge is 0.358 e. The van der Waals surface area contributed by atoms with Crippen LogP contribution in [-0.2, 0) is 16.6 Å². The van der Waals surface area contributed by atoms with Crippen molar-refractivity contribution in [3.8, 4) is 0 Å². The number of benzene rings is 2. The van der Waals surface area contributed by atoms with Crippen LogP contribution >= 0.6 is 0 Å². The highest BCUT2D eigenvalue weighted by Gasteiger charge is 2.28. The van der Waals surface area contributed by atoms with Crippen LogP contribution in [0.4, 0.5) is 5.69 Å². The topological polar surface area (TPSA) is 112 Å². The monoisotopic (exact) mass is 476 g/mol. The number of hydrogen-bond donors (Lipinski definition) is 3. The zero-order valence-electron chi connectivity index (χ0n) is 20.4. The summed E-state index contributed by atoms with van der Waals surface area (Å²) in [6, 6.07) is 13.6. The molecule has 3 N–H and O–H groups in total. The van der Waals surface area contributed by atoms with Crippen molar-refractivity contribution in [2.24, 2.45) is 0 Å². The smallest absolute Gasteiger partial charge is 0.271 e. The molecule has 1 aliphatic rings. The summed E-state index contributed by atoms with van der Waals surface area (Å²) < 4.78 is 0. The van der Waals surface area contributed by atoms with Gasteiger partial charge in [-0.1, -0.05) is 45.0 Å². The number of amides is 1. The first-order valence-electron chi connectivity index (χ1n) is 11.9. The summed E-state index contributed by atoms with van der Waals surface area (Å²) in [7, 11) is 0.